The molecule has 10 aromatic rings. The number of nitrogens with zero attached hydrogens (tertiary/aromatic N) is 2. The zero-order valence-corrected chi connectivity index (χ0v) is 34.0. The summed E-state index contributed by atoms with van der Waals surface area (Å²) in [6.07, 6.45) is 4.79. The number of aromatic nitrogens is 1. The van der Waals surface area contributed by atoms with Crippen molar-refractivity contribution < 1.29 is 0 Å². The van der Waals surface area contributed by atoms with Crippen molar-refractivity contribution in [3.05, 3.63) is 223 Å². The van der Waals surface area contributed by atoms with Crippen LogP contribution in [0.3, 0.4) is 0 Å². The van der Waals surface area contributed by atoms with Gasteiger partial charge in [-0.15, -0.1) is 0 Å². The zero-order chi connectivity index (χ0) is 39.7. The fourth-order valence-corrected chi connectivity index (χ4v) is 11.3. The van der Waals surface area contributed by atoms with Gasteiger partial charge in [-0.3, -0.25) is 0 Å². The third-order valence-corrected chi connectivity index (χ3v) is 13.9. The second-order valence-electron chi connectivity index (χ2n) is 16.1. The summed E-state index contributed by atoms with van der Waals surface area (Å²) in [6, 6.07) is 73.5. The van der Waals surface area contributed by atoms with E-state index >= 15 is 0 Å². The number of para-hydroxylation sites is 2. The van der Waals surface area contributed by atoms with Crippen LogP contribution in [0.25, 0.3) is 71.3 Å². The van der Waals surface area contributed by atoms with E-state index in [0.29, 0.717) is 11.8 Å². The molecule has 0 amide bonds. The molecular formula is C57H40N2S. The van der Waals surface area contributed by atoms with Gasteiger partial charge >= 0.3 is 0 Å². The lowest BCUT2D eigenvalue weighted by Crippen LogP contribution is -2.12. The van der Waals surface area contributed by atoms with Crippen molar-refractivity contribution in [2.45, 2.75) is 17.7 Å². The number of hydrogen-bond donors (Lipinski definition) is 0. The van der Waals surface area contributed by atoms with Gasteiger partial charge in [0, 0.05) is 43.6 Å². The Hall–Kier alpha value is -7.07. The number of fused-ring (bicyclic) bond motifs is 9. The first-order valence-corrected chi connectivity index (χ1v) is 21.7. The third-order valence-electron chi connectivity index (χ3n) is 12.7. The van der Waals surface area contributed by atoms with Gasteiger partial charge in [-0.1, -0.05) is 164 Å². The molecule has 1 aliphatic carbocycles. The molecule has 0 radical (unpaired) electrons. The summed E-state index contributed by atoms with van der Waals surface area (Å²) in [5.41, 5.74) is 13.4. The summed E-state index contributed by atoms with van der Waals surface area (Å²) in [6.45, 7) is 2.36. The first-order valence-electron chi connectivity index (χ1n) is 20.9. The topological polar surface area (TPSA) is 8.17 Å². The van der Waals surface area contributed by atoms with Crippen LogP contribution in [0.15, 0.2) is 222 Å². The van der Waals surface area contributed by atoms with Gasteiger partial charge in [-0.05, 0) is 122 Å². The van der Waals surface area contributed by atoms with Crippen LogP contribution in [0, 0.1) is 5.92 Å². The van der Waals surface area contributed by atoms with Gasteiger partial charge in [0.2, 0.25) is 0 Å². The lowest BCUT2D eigenvalue weighted by Gasteiger charge is -2.26. The van der Waals surface area contributed by atoms with Crippen molar-refractivity contribution in [3.8, 4) is 22.3 Å². The van der Waals surface area contributed by atoms with Gasteiger partial charge in [0.1, 0.15) is 0 Å². The summed E-state index contributed by atoms with van der Waals surface area (Å²) in [4.78, 5) is 5.20. The fourth-order valence-electron chi connectivity index (χ4n) is 9.86. The van der Waals surface area contributed by atoms with Crippen LogP contribution in [0.5, 0.6) is 0 Å². The van der Waals surface area contributed by atoms with Crippen LogP contribution in [0.4, 0.5) is 17.1 Å². The molecule has 2 nitrogen and oxygen atoms in total. The SMILES string of the molecule is CC1C=CC(n2c3ccccc3c3c(-c4cccc(N(c5ccccc5)c5ccc(-c6ccc7c(ccc8ccccc87)c6)cc5)c4)cccc32)=C2Sc3ccccc3C21. The highest BCUT2D eigenvalue weighted by molar-refractivity contribution is 8.03. The van der Waals surface area contributed by atoms with E-state index in [1.54, 1.807) is 0 Å². The smallest absolute Gasteiger partial charge is 0.0564 e. The van der Waals surface area contributed by atoms with Gasteiger partial charge in [-0.25, -0.2) is 0 Å². The van der Waals surface area contributed by atoms with Crippen LogP contribution in [0.1, 0.15) is 18.4 Å². The predicted molar refractivity (Wildman–Crippen MR) is 257 cm³/mol. The fraction of sp³-hybridized carbons (Fsp3) is 0.0526. The van der Waals surface area contributed by atoms with Gasteiger partial charge in [0.25, 0.3) is 0 Å². The first-order chi connectivity index (χ1) is 29.7. The van der Waals surface area contributed by atoms with Crippen LogP contribution in [0.2, 0.25) is 0 Å². The Morgan fingerprint density at radius 2 is 1.17 bits per heavy atom. The molecule has 284 valence electrons. The van der Waals surface area contributed by atoms with E-state index in [0.717, 1.165) is 17.1 Å². The Morgan fingerprint density at radius 3 is 2.07 bits per heavy atom. The molecule has 1 aliphatic heterocycles. The van der Waals surface area contributed by atoms with E-state index < -0.39 is 0 Å². The molecule has 9 aromatic carbocycles. The molecule has 2 unspecified atom stereocenters. The van der Waals surface area contributed by atoms with Crippen molar-refractivity contribution in [3.63, 3.8) is 0 Å². The zero-order valence-electron chi connectivity index (χ0n) is 33.2. The van der Waals surface area contributed by atoms with Crippen molar-refractivity contribution >= 4 is 77.9 Å². The molecule has 60 heavy (non-hydrogen) atoms. The molecule has 2 aliphatic rings. The number of rotatable bonds is 6. The van der Waals surface area contributed by atoms with E-state index in [1.165, 1.54) is 86.7 Å². The number of benzene rings is 9. The quantitative estimate of drug-likeness (QED) is 0.155. The Labute approximate surface area is 354 Å². The lowest BCUT2D eigenvalue weighted by molar-refractivity contribution is 0.627. The second-order valence-corrected chi connectivity index (χ2v) is 17.2. The largest absolute Gasteiger partial charge is 0.310 e. The van der Waals surface area contributed by atoms with Crippen LogP contribution < -0.4 is 4.90 Å². The molecule has 12 rings (SSSR count). The Morgan fingerprint density at radius 1 is 0.483 bits per heavy atom. The Balaban J connectivity index is 0.963. The average molecular weight is 785 g/mol. The van der Waals surface area contributed by atoms with Crippen molar-refractivity contribution in [2.24, 2.45) is 5.92 Å². The summed E-state index contributed by atoms with van der Waals surface area (Å²) in [5, 5.41) is 7.65. The highest BCUT2D eigenvalue weighted by Crippen LogP contribution is 2.56. The molecular weight excluding hydrogens is 745 g/mol. The van der Waals surface area contributed by atoms with E-state index in [2.05, 4.69) is 229 Å². The number of thioether (sulfide) groups is 1. The van der Waals surface area contributed by atoms with Gasteiger partial charge in [-0.2, -0.15) is 0 Å². The average Bonchev–Trinajstić information content (AvgIpc) is 3.87. The first kappa shape index (κ1) is 34.9. The molecule has 1 aromatic heterocycles. The van der Waals surface area contributed by atoms with Crippen LogP contribution in [-0.4, -0.2) is 4.57 Å². The molecule has 0 spiro atoms. The molecule has 2 heterocycles. The summed E-state index contributed by atoms with van der Waals surface area (Å²) in [5.74, 6) is 0.809. The molecule has 2 atom stereocenters. The van der Waals surface area contributed by atoms with Crippen molar-refractivity contribution in [2.75, 3.05) is 4.90 Å². The van der Waals surface area contributed by atoms with Crippen molar-refractivity contribution in [1.29, 1.82) is 0 Å². The van der Waals surface area contributed by atoms with Crippen LogP contribution in [-0.2, 0) is 0 Å². The minimum Gasteiger partial charge on any atom is -0.310 e. The van der Waals surface area contributed by atoms with E-state index in [4.69, 9.17) is 0 Å². The summed E-state index contributed by atoms with van der Waals surface area (Å²) >= 11 is 1.95. The standard InChI is InChI=1S/C57H40N2S/c1-37-25-34-53(57-55(37)50-20-8-10-24-54(50)60-57)59-51-22-9-7-19-49(51)56-48(21-12-23-52(56)59)41-14-11-17-45(36-41)58(43-15-3-2-4-16-43)44-31-28-38(29-32-44)40-30-33-47-42(35-40)27-26-39-13-5-6-18-46(39)47/h2-37,55H,1H3. The Bertz CT molecular complexity index is 3370. The molecule has 0 fully saturated rings. The molecule has 0 saturated heterocycles. The van der Waals surface area contributed by atoms with Crippen molar-refractivity contribution in [1.82, 2.24) is 4.57 Å². The lowest BCUT2D eigenvalue weighted by atomic mass is 9.83. The maximum atomic E-state index is 2.52. The molecule has 3 heteroatoms. The van der Waals surface area contributed by atoms with E-state index in [-0.39, 0.29) is 0 Å². The normalized spacial score (nSPS) is 15.9. The number of allylic oxidation sites excluding steroid dienone is 4. The van der Waals surface area contributed by atoms with Gasteiger partial charge in [0.05, 0.1) is 16.7 Å². The maximum Gasteiger partial charge on any atom is 0.0564 e. The highest BCUT2D eigenvalue weighted by atomic mass is 32.2. The number of anilines is 3. The van der Waals surface area contributed by atoms with Gasteiger partial charge in [0.15, 0.2) is 0 Å². The molecule has 0 N–H and O–H groups in total. The highest BCUT2D eigenvalue weighted by Gasteiger charge is 2.36. The summed E-state index contributed by atoms with van der Waals surface area (Å²) in [7, 11) is 0. The Kier molecular flexibility index (Phi) is 8.18. The minimum absolute atomic E-state index is 0.369. The summed E-state index contributed by atoms with van der Waals surface area (Å²) < 4.78 is 2.52. The number of hydrogen-bond acceptors (Lipinski definition) is 2. The second kappa shape index (κ2) is 14.0. The monoisotopic (exact) mass is 784 g/mol. The molecule has 0 bridgehead atoms. The third kappa shape index (κ3) is 5.57. The van der Waals surface area contributed by atoms with Crippen LogP contribution >= 0.6 is 11.8 Å². The predicted octanol–water partition coefficient (Wildman–Crippen LogP) is 16.2. The molecule has 0 saturated carbocycles. The minimum atomic E-state index is 0.369. The van der Waals surface area contributed by atoms with Gasteiger partial charge < -0.3 is 9.47 Å². The maximum absolute atomic E-state index is 2.52. The van der Waals surface area contributed by atoms with E-state index in [9.17, 15) is 0 Å². The van der Waals surface area contributed by atoms with E-state index in [1.807, 2.05) is 11.8 Å².